The number of carbonyl (C=O) groups excluding carboxylic acids is 1. The molecule has 3 aliphatic heterocycles. The molecule has 0 radical (unpaired) electrons. The standard InChI is InChI=1S/C17H21BN2O/c18-16(17(21)19-14-4-2-1-3-5-14)15-12-6-11-7-13(15)10-20(8-11)9-12/h1-5,11-13H,6-10,18H2,(H,19,21). The van der Waals surface area contributed by atoms with Gasteiger partial charge in [0.05, 0.1) is 0 Å². The van der Waals surface area contributed by atoms with Crippen molar-refractivity contribution in [1.29, 1.82) is 0 Å². The Morgan fingerprint density at radius 1 is 1.10 bits per heavy atom. The van der Waals surface area contributed by atoms with Crippen molar-refractivity contribution in [2.75, 3.05) is 25.0 Å². The molecule has 4 fully saturated rings. The van der Waals surface area contributed by atoms with E-state index in [9.17, 15) is 4.79 Å². The van der Waals surface area contributed by atoms with Crippen LogP contribution in [-0.4, -0.2) is 38.3 Å². The van der Waals surface area contributed by atoms with E-state index in [0.717, 1.165) is 30.2 Å². The quantitative estimate of drug-likeness (QED) is 0.657. The first-order chi connectivity index (χ1) is 10.2. The molecule has 2 atom stereocenters. The van der Waals surface area contributed by atoms with Crippen LogP contribution in [0, 0.1) is 17.8 Å². The smallest absolute Gasteiger partial charge is 0.241 e. The van der Waals surface area contributed by atoms with E-state index in [2.05, 4.69) is 10.2 Å². The summed E-state index contributed by atoms with van der Waals surface area (Å²) in [6.45, 7) is 3.62. The van der Waals surface area contributed by atoms with Crippen molar-refractivity contribution in [2.24, 2.45) is 17.8 Å². The summed E-state index contributed by atoms with van der Waals surface area (Å²) in [7, 11) is 2.02. The fraction of sp³-hybridized carbons (Fsp3) is 0.471. The topological polar surface area (TPSA) is 32.3 Å². The van der Waals surface area contributed by atoms with Crippen LogP contribution in [0.15, 0.2) is 41.4 Å². The summed E-state index contributed by atoms with van der Waals surface area (Å²) in [5.41, 5.74) is 3.31. The molecule has 108 valence electrons. The van der Waals surface area contributed by atoms with Crippen LogP contribution < -0.4 is 5.32 Å². The SMILES string of the molecule is BC(C(=O)Nc1ccccc1)=C1C2CC3CC1CN(C3)C2. The maximum absolute atomic E-state index is 12.6. The Hall–Kier alpha value is -1.55. The number of hydrogen-bond acceptors (Lipinski definition) is 2. The van der Waals surface area contributed by atoms with E-state index in [1.807, 2.05) is 38.2 Å². The molecule has 3 heterocycles. The van der Waals surface area contributed by atoms with Crippen LogP contribution in [0.2, 0.25) is 0 Å². The third-order valence-corrected chi connectivity index (χ3v) is 5.39. The highest BCUT2D eigenvalue weighted by molar-refractivity contribution is 6.39. The minimum Gasteiger partial charge on any atom is -0.323 e. The largest absolute Gasteiger partial charge is 0.323 e. The number of para-hydroxylation sites is 1. The van der Waals surface area contributed by atoms with Gasteiger partial charge in [-0.2, -0.15) is 0 Å². The predicted molar refractivity (Wildman–Crippen MR) is 86.8 cm³/mol. The average molecular weight is 280 g/mol. The van der Waals surface area contributed by atoms with Gasteiger partial charge in [-0.15, -0.1) is 0 Å². The summed E-state index contributed by atoms with van der Waals surface area (Å²) in [5, 5.41) is 3.04. The number of hydrogen-bond donors (Lipinski definition) is 1. The number of rotatable bonds is 2. The minimum atomic E-state index is 0.0821. The number of benzene rings is 1. The van der Waals surface area contributed by atoms with Gasteiger partial charge in [0.25, 0.3) is 0 Å². The van der Waals surface area contributed by atoms with Gasteiger partial charge in [0, 0.05) is 25.3 Å². The lowest BCUT2D eigenvalue weighted by Gasteiger charge is -2.53. The lowest BCUT2D eigenvalue weighted by atomic mass is 9.62. The third-order valence-electron chi connectivity index (χ3n) is 5.39. The zero-order chi connectivity index (χ0) is 14.4. The number of nitrogens with one attached hydrogen (secondary N) is 1. The summed E-state index contributed by atoms with van der Waals surface area (Å²) in [4.78, 5) is 15.1. The van der Waals surface area contributed by atoms with Crippen LogP contribution in [0.25, 0.3) is 0 Å². The van der Waals surface area contributed by atoms with Gasteiger partial charge >= 0.3 is 0 Å². The molecular weight excluding hydrogens is 259 g/mol. The van der Waals surface area contributed by atoms with Gasteiger partial charge in [0.15, 0.2) is 0 Å². The summed E-state index contributed by atoms with van der Waals surface area (Å²) < 4.78 is 0. The predicted octanol–water partition coefficient (Wildman–Crippen LogP) is 1.48. The highest BCUT2D eigenvalue weighted by Crippen LogP contribution is 2.47. The van der Waals surface area contributed by atoms with Crippen LogP contribution in [0.5, 0.6) is 0 Å². The Morgan fingerprint density at radius 3 is 2.38 bits per heavy atom. The molecule has 0 spiro atoms. The van der Waals surface area contributed by atoms with Crippen LogP contribution >= 0.6 is 0 Å². The van der Waals surface area contributed by atoms with E-state index in [-0.39, 0.29) is 5.91 Å². The average Bonchev–Trinajstić information content (AvgIpc) is 2.47. The number of nitrogens with zero attached hydrogens (tertiary/aromatic N) is 1. The minimum absolute atomic E-state index is 0.0821. The highest BCUT2D eigenvalue weighted by atomic mass is 16.1. The van der Waals surface area contributed by atoms with Crippen molar-refractivity contribution in [1.82, 2.24) is 4.90 Å². The second kappa shape index (κ2) is 5.02. The molecule has 4 aliphatic rings. The summed E-state index contributed by atoms with van der Waals surface area (Å²) in [6, 6.07) is 9.76. The molecule has 1 aromatic carbocycles. The molecule has 3 saturated heterocycles. The first-order valence-corrected chi connectivity index (χ1v) is 8.00. The molecule has 2 unspecified atom stereocenters. The molecule has 1 aromatic rings. The molecule has 3 nitrogen and oxygen atoms in total. The molecule has 5 rings (SSSR count). The molecule has 1 amide bonds. The third kappa shape index (κ3) is 2.32. The van der Waals surface area contributed by atoms with Crippen molar-refractivity contribution < 1.29 is 4.79 Å². The maximum Gasteiger partial charge on any atom is 0.241 e. The van der Waals surface area contributed by atoms with Crippen LogP contribution in [0.3, 0.4) is 0 Å². The van der Waals surface area contributed by atoms with E-state index in [4.69, 9.17) is 0 Å². The van der Waals surface area contributed by atoms with Gasteiger partial charge in [-0.25, -0.2) is 0 Å². The lowest BCUT2D eigenvalue weighted by molar-refractivity contribution is -0.112. The first-order valence-electron chi connectivity index (χ1n) is 8.00. The maximum atomic E-state index is 12.6. The Bertz CT molecular complexity index is 566. The number of carbonyl (C=O) groups is 1. The Labute approximate surface area is 126 Å². The normalized spacial score (nSPS) is 33.0. The molecule has 21 heavy (non-hydrogen) atoms. The summed E-state index contributed by atoms with van der Waals surface area (Å²) >= 11 is 0. The van der Waals surface area contributed by atoms with E-state index < -0.39 is 0 Å². The molecule has 1 N–H and O–H groups in total. The van der Waals surface area contributed by atoms with Gasteiger partial charge in [0.2, 0.25) is 5.91 Å². The zero-order valence-corrected chi connectivity index (χ0v) is 12.5. The van der Waals surface area contributed by atoms with E-state index in [0.29, 0.717) is 11.8 Å². The molecule has 4 heteroatoms. The second-order valence-corrected chi connectivity index (χ2v) is 6.85. The molecule has 1 saturated carbocycles. The fourth-order valence-electron chi connectivity index (χ4n) is 4.68. The first kappa shape index (κ1) is 13.1. The highest BCUT2D eigenvalue weighted by Gasteiger charge is 2.45. The van der Waals surface area contributed by atoms with Crippen molar-refractivity contribution in [3.8, 4) is 0 Å². The van der Waals surface area contributed by atoms with E-state index >= 15 is 0 Å². The molecule has 0 aromatic heterocycles. The van der Waals surface area contributed by atoms with Crippen molar-refractivity contribution in [3.05, 3.63) is 41.4 Å². The number of anilines is 1. The van der Waals surface area contributed by atoms with E-state index in [1.54, 1.807) is 0 Å². The second-order valence-electron chi connectivity index (χ2n) is 6.85. The summed E-state index contributed by atoms with van der Waals surface area (Å²) in [6.07, 6.45) is 2.58. The van der Waals surface area contributed by atoms with Gasteiger partial charge in [-0.1, -0.05) is 23.8 Å². The molecule has 1 aliphatic carbocycles. The van der Waals surface area contributed by atoms with E-state index in [1.165, 1.54) is 25.0 Å². The number of piperidine rings is 3. The van der Waals surface area contributed by atoms with Crippen LogP contribution in [0.1, 0.15) is 12.8 Å². The Morgan fingerprint density at radius 2 is 1.76 bits per heavy atom. The van der Waals surface area contributed by atoms with Crippen LogP contribution in [0.4, 0.5) is 5.69 Å². The van der Waals surface area contributed by atoms with Crippen molar-refractivity contribution in [3.63, 3.8) is 0 Å². The Kier molecular flexibility index (Phi) is 3.14. The lowest BCUT2D eigenvalue weighted by Crippen LogP contribution is -2.55. The summed E-state index contributed by atoms with van der Waals surface area (Å²) in [5.74, 6) is 2.20. The number of amides is 1. The van der Waals surface area contributed by atoms with Gasteiger partial charge in [-0.05, 0) is 48.2 Å². The molecule has 4 bridgehead atoms. The van der Waals surface area contributed by atoms with Gasteiger partial charge < -0.3 is 10.2 Å². The Balaban J connectivity index is 1.58. The monoisotopic (exact) mass is 280 g/mol. The van der Waals surface area contributed by atoms with Crippen molar-refractivity contribution in [2.45, 2.75) is 12.8 Å². The fourth-order valence-corrected chi connectivity index (χ4v) is 4.68. The van der Waals surface area contributed by atoms with Gasteiger partial charge in [-0.3, -0.25) is 4.79 Å². The molecular formula is C17H21BN2O. The van der Waals surface area contributed by atoms with Gasteiger partial charge in [0.1, 0.15) is 7.85 Å². The zero-order valence-electron chi connectivity index (χ0n) is 12.5. The van der Waals surface area contributed by atoms with Crippen molar-refractivity contribution >= 4 is 19.4 Å². The van der Waals surface area contributed by atoms with Crippen LogP contribution in [-0.2, 0) is 4.79 Å².